The summed E-state index contributed by atoms with van der Waals surface area (Å²) in [5, 5.41) is 12.0. The van der Waals surface area contributed by atoms with Crippen molar-refractivity contribution in [2.45, 2.75) is 386 Å². The molecule has 1 amide bonds. The lowest BCUT2D eigenvalue weighted by atomic mass is 10.00. The Bertz CT molecular complexity index is 833. The van der Waals surface area contributed by atoms with E-state index in [9.17, 15) is 29.1 Å². The highest BCUT2D eigenvalue weighted by atomic mass is 32.2. The molecule has 0 aliphatic carbocycles. The first kappa shape index (κ1) is 233. The molecule has 0 aromatic carbocycles. The van der Waals surface area contributed by atoms with Crippen molar-refractivity contribution in [3.8, 4) is 0 Å². The molecule has 3 atom stereocenters. The molecule has 0 aliphatic rings. The van der Waals surface area contributed by atoms with Crippen LogP contribution in [0, 0.1) is 5.92 Å². The van der Waals surface area contributed by atoms with Gasteiger partial charge in [0.1, 0.15) is 12.7 Å². The standard InChI is InChI=1S/C34H61NO9S.32CH4/c1-5-7-9-11-12-13-14-16-17-19-29(44-32(39)20-18-15-10-8-6-2)24-33(40)43-21-22-45-26-30(35-27(3)37)31(38)23-28(25-36)34(41)42-4;;;;;;;;;;;;;;;;;;;;;;;;;;;;;;;;/h28-30,36H,5-26H2,1-4H3,(H,35,37);32*1H4/t28-,29+,30-;;;;;;;;;;;;;;;;;;;;;;;;;;;;;;;;/m0................................/s1. The second-order valence-corrected chi connectivity index (χ2v) is 12.9. The van der Waals surface area contributed by atoms with E-state index in [-0.39, 0.29) is 269 Å². The minimum atomic E-state index is -0.997. The number of unbranched alkanes of at least 4 members (excludes halogenated alkanes) is 12. The van der Waals surface area contributed by atoms with Crippen molar-refractivity contribution in [1.82, 2.24) is 5.32 Å². The number of carbonyl (C=O) groups excluding carboxylic acids is 5. The van der Waals surface area contributed by atoms with Gasteiger partial charge in [-0.2, -0.15) is 11.8 Å². The van der Waals surface area contributed by atoms with E-state index in [2.05, 4.69) is 23.9 Å². The van der Waals surface area contributed by atoms with Crippen LogP contribution in [0.2, 0.25) is 0 Å². The first-order chi connectivity index (χ1) is 21.7. The second-order valence-electron chi connectivity index (χ2n) is 11.7. The van der Waals surface area contributed by atoms with Gasteiger partial charge in [-0.1, -0.05) is 329 Å². The van der Waals surface area contributed by atoms with Gasteiger partial charge in [0.15, 0.2) is 5.78 Å². The summed E-state index contributed by atoms with van der Waals surface area (Å²) in [7, 11) is 1.18. The molecule has 0 unspecified atom stereocenters. The Kier molecular flexibility index (Phi) is 497. The second kappa shape index (κ2) is 164. The fourth-order valence-corrected chi connectivity index (χ4v) is 5.77. The van der Waals surface area contributed by atoms with Crippen LogP contribution in [0.3, 0.4) is 0 Å². The molecule has 0 aromatic rings. The number of Topliss-reactive ketones (excluding diaryl/α,β-unsaturated/α-hetero) is 1. The molecule has 0 aromatic heterocycles. The van der Waals surface area contributed by atoms with E-state index in [1.807, 2.05) is 0 Å². The van der Waals surface area contributed by atoms with Gasteiger partial charge in [0.2, 0.25) is 5.91 Å². The Balaban J connectivity index is -0.0000000195. The van der Waals surface area contributed by atoms with E-state index < -0.39 is 48.3 Å². The SMILES string of the molecule is C.C.C.C.C.C.C.C.C.C.C.C.C.C.C.C.C.C.C.C.C.C.C.C.C.C.C.C.C.C.C.C.CCCCCCCCCCC[C@H](CC(=O)OCCSC[C@H](NC(C)=O)C(=O)C[C@@H](CO)C(=O)OC)OC(=O)CCCCCCC. The third-order valence-corrected chi connectivity index (χ3v) is 8.57. The normalized spacial score (nSPS) is 7.60. The Hall–Kier alpha value is -2.14. The Morgan fingerprint density at radius 1 is 0.468 bits per heavy atom. The Labute approximate surface area is 511 Å². The van der Waals surface area contributed by atoms with E-state index in [1.54, 1.807) is 0 Å². The predicted octanol–water partition coefficient (Wildman–Crippen LogP) is 26.4. The molecule has 0 fully saturated rings. The first-order valence-corrected chi connectivity index (χ1v) is 18.2. The average Bonchev–Trinajstić information content (AvgIpc) is 3.01. The van der Waals surface area contributed by atoms with Gasteiger partial charge in [0, 0.05) is 31.3 Å². The highest BCUT2D eigenvalue weighted by Crippen LogP contribution is 2.17. The summed E-state index contributed by atoms with van der Waals surface area (Å²) in [6, 6.07) is -0.857. The zero-order valence-electron chi connectivity index (χ0n) is 28.4. The summed E-state index contributed by atoms with van der Waals surface area (Å²) in [5.74, 6) is -2.59. The zero-order valence-corrected chi connectivity index (χ0v) is 29.2. The topological polar surface area (TPSA) is 145 Å². The summed E-state index contributed by atoms with van der Waals surface area (Å²) < 4.78 is 15.7. The van der Waals surface area contributed by atoms with Crippen molar-refractivity contribution in [3.05, 3.63) is 0 Å². The van der Waals surface area contributed by atoms with E-state index in [1.165, 1.54) is 64.3 Å². The van der Waals surface area contributed by atoms with E-state index >= 15 is 0 Å². The van der Waals surface area contributed by atoms with Crippen LogP contribution in [0.1, 0.15) is 374 Å². The van der Waals surface area contributed by atoms with Crippen LogP contribution in [0.15, 0.2) is 0 Å². The number of ether oxygens (including phenoxy) is 3. The molecule has 77 heavy (non-hydrogen) atoms. The number of nitrogens with one attached hydrogen (secondary N) is 1. The Morgan fingerprint density at radius 2 is 0.805 bits per heavy atom. The first-order valence-electron chi connectivity index (χ1n) is 17.1. The molecule has 0 saturated carbocycles. The number of thioether (sulfide) groups is 1. The number of aliphatic hydroxyl groups excluding tert-OH is 1. The highest BCUT2D eigenvalue weighted by Gasteiger charge is 2.27. The zero-order chi connectivity index (χ0) is 33.7. The molecule has 0 spiro atoms. The molecule has 0 aliphatic heterocycles. The fraction of sp³-hybridized carbons (Fsp3) is 0.924. The van der Waals surface area contributed by atoms with Crippen molar-refractivity contribution in [3.63, 3.8) is 0 Å². The maximum absolute atomic E-state index is 12.7. The smallest absolute Gasteiger partial charge is 0.311 e. The molecule has 0 heterocycles. The van der Waals surface area contributed by atoms with Crippen LogP contribution < -0.4 is 5.32 Å². The molecule has 518 valence electrons. The number of rotatable bonds is 30. The van der Waals surface area contributed by atoms with E-state index in [0.29, 0.717) is 18.6 Å². The van der Waals surface area contributed by atoms with Gasteiger partial charge < -0.3 is 24.6 Å². The summed E-state index contributed by atoms with van der Waals surface area (Å²) in [4.78, 5) is 61.2. The molecule has 0 bridgehead atoms. The lowest BCUT2D eigenvalue weighted by molar-refractivity contribution is -0.155. The largest absolute Gasteiger partial charge is 0.469 e. The van der Waals surface area contributed by atoms with Crippen LogP contribution in [-0.4, -0.2) is 78.7 Å². The number of hydrogen-bond acceptors (Lipinski definition) is 10. The third-order valence-electron chi connectivity index (χ3n) is 7.55. The number of ketones is 1. The number of methoxy groups -OCH3 is 1. The third kappa shape index (κ3) is 142. The number of aliphatic hydroxyl groups is 1. The van der Waals surface area contributed by atoms with Crippen molar-refractivity contribution < 1.29 is 43.3 Å². The van der Waals surface area contributed by atoms with Crippen LogP contribution >= 0.6 is 11.8 Å². The van der Waals surface area contributed by atoms with Gasteiger partial charge in [-0.3, -0.25) is 24.0 Å². The lowest BCUT2D eigenvalue weighted by Gasteiger charge is -2.19. The van der Waals surface area contributed by atoms with Crippen molar-refractivity contribution in [2.75, 3.05) is 31.8 Å². The Morgan fingerprint density at radius 3 is 1.13 bits per heavy atom. The summed E-state index contributed by atoms with van der Waals surface area (Å²) in [6.07, 6.45) is 16.0. The van der Waals surface area contributed by atoms with Gasteiger partial charge in [0.05, 0.1) is 32.1 Å². The van der Waals surface area contributed by atoms with Gasteiger partial charge in [-0.15, -0.1) is 0 Å². The van der Waals surface area contributed by atoms with E-state index in [0.717, 1.165) is 51.4 Å². The van der Waals surface area contributed by atoms with Crippen molar-refractivity contribution in [1.29, 1.82) is 0 Å². The summed E-state index contributed by atoms with van der Waals surface area (Å²) >= 11 is 1.32. The number of amides is 1. The molecule has 0 saturated heterocycles. The van der Waals surface area contributed by atoms with Crippen LogP contribution in [0.25, 0.3) is 0 Å². The van der Waals surface area contributed by atoms with E-state index in [4.69, 9.17) is 9.47 Å². The average molecular weight is 1170 g/mol. The quantitative estimate of drug-likeness (QED) is 0.0405. The lowest BCUT2D eigenvalue weighted by Crippen LogP contribution is -2.43. The van der Waals surface area contributed by atoms with Crippen LogP contribution in [-0.2, 0) is 38.2 Å². The maximum atomic E-state index is 12.7. The van der Waals surface area contributed by atoms with Crippen molar-refractivity contribution in [2.24, 2.45) is 5.92 Å². The fourth-order valence-electron chi connectivity index (χ4n) is 4.90. The van der Waals surface area contributed by atoms with Gasteiger partial charge in [0.25, 0.3) is 0 Å². The molecular weight excluding hydrogens is 983 g/mol. The van der Waals surface area contributed by atoms with Gasteiger partial charge >= 0.3 is 17.9 Å². The number of esters is 3. The molecular formula is C66H189NO9S. The van der Waals surface area contributed by atoms with Crippen LogP contribution in [0.5, 0.6) is 0 Å². The molecule has 11 heteroatoms. The summed E-state index contributed by atoms with van der Waals surface area (Å²) in [5.41, 5.74) is 0. The van der Waals surface area contributed by atoms with Gasteiger partial charge in [-0.25, -0.2) is 0 Å². The maximum Gasteiger partial charge on any atom is 0.311 e. The molecule has 10 nitrogen and oxygen atoms in total. The monoisotopic (exact) mass is 1170 g/mol. The minimum absolute atomic E-state index is 0. The molecule has 0 radical (unpaired) electrons. The van der Waals surface area contributed by atoms with Crippen LogP contribution in [0.4, 0.5) is 0 Å². The predicted molar refractivity (Wildman–Crippen MR) is 393 cm³/mol. The van der Waals surface area contributed by atoms with Gasteiger partial charge in [-0.05, 0) is 19.3 Å². The minimum Gasteiger partial charge on any atom is -0.469 e. The van der Waals surface area contributed by atoms with Crippen molar-refractivity contribution >= 4 is 41.4 Å². The summed E-state index contributed by atoms with van der Waals surface area (Å²) in [6.45, 7) is 5.22. The number of hydrogen-bond donors (Lipinski definition) is 2. The number of carbonyl (C=O) groups is 5. The molecule has 0 rings (SSSR count). The molecule has 2 N–H and O–H groups in total. The highest BCUT2D eigenvalue weighted by molar-refractivity contribution is 7.99.